The number of nitrogens with one attached hydrogen (secondary N) is 1. The number of ether oxygens (including phenoxy) is 2. The molecule has 8 rings (SSSR count). The minimum Gasteiger partial charge on any atom is -0.492 e. The Hall–Kier alpha value is -5.87. The van der Waals surface area contributed by atoms with Crippen molar-refractivity contribution < 1.29 is 27.3 Å². The van der Waals surface area contributed by atoms with Gasteiger partial charge >= 0.3 is 6.11 Å². The van der Waals surface area contributed by atoms with Crippen LogP contribution in [-0.2, 0) is 12.8 Å². The van der Waals surface area contributed by atoms with Crippen LogP contribution in [0.25, 0.3) is 45.7 Å². The van der Waals surface area contributed by atoms with Crippen LogP contribution in [0.4, 0.5) is 14.5 Å². The van der Waals surface area contributed by atoms with Crippen molar-refractivity contribution in [2.45, 2.75) is 55.6 Å². The van der Waals surface area contributed by atoms with Gasteiger partial charge < -0.3 is 23.8 Å². The fourth-order valence-electron chi connectivity index (χ4n) is 7.21. The van der Waals surface area contributed by atoms with Crippen LogP contribution in [0.15, 0.2) is 75.8 Å². The van der Waals surface area contributed by atoms with Crippen molar-refractivity contribution in [3.63, 3.8) is 0 Å². The molecule has 0 aliphatic heterocycles. The maximum atomic E-state index is 13.6. The molecule has 0 bridgehead atoms. The molecule has 0 radical (unpaired) electrons. The van der Waals surface area contributed by atoms with Crippen LogP contribution in [0.2, 0.25) is 0 Å². The molecule has 1 unspecified atom stereocenters. The lowest BCUT2D eigenvalue weighted by Crippen LogP contribution is -2.19. The molecule has 2 aliphatic carbocycles. The Kier molecular flexibility index (Phi) is 9.23. The molecule has 4 aromatic carbocycles. The summed E-state index contributed by atoms with van der Waals surface area (Å²) >= 11 is 2.48. The minimum atomic E-state index is -3.44. The Morgan fingerprint density at radius 1 is 0.889 bits per heavy atom. The summed E-state index contributed by atoms with van der Waals surface area (Å²) in [4.78, 5) is 9.44. The average molecular weight is 838 g/mol. The zero-order chi connectivity index (χ0) is 37.6. The minimum absolute atomic E-state index is 0.0571. The zero-order valence-corrected chi connectivity index (χ0v) is 31.1. The molecule has 0 saturated heterocycles. The highest BCUT2D eigenvalue weighted by Gasteiger charge is 2.32. The summed E-state index contributed by atoms with van der Waals surface area (Å²) in [5.41, 5.74) is 8.54. The third kappa shape index (κ3) is 6.73. The second-order valence-electron chi connectivity index (χ2n) is 13.0. The van der Waals surface area contributed by atoms with Gasteiger partial charge in [0.05, 0.1) is 29.8 Å². The van der Waals surface area contributed by atoms with E-state index in [1.165, 1.54) is 29.3 Å². The van der Waals surface area contributed by atoms with Gasteiger partial charge in [0, 0.05) is 38.8 Å². The van der Waals surface area contributed by atoms with E-state index in [9.17, 15) is 19.3 Å². The van der Waals surface area contributed by atoms with Gasteiger partial charge in [-0.1, -0.05) is 57.2 Å². The number of benzene rings is 4. The van der Waals surface area contributed by atoms with Crippen LogP contribution in [0.1, 0.15) is 70.0 Å². The number of nitriles is 2. The fourth-order valence-corrected chi connectivity index (χ4v) is 8.10. The third-order valence-corrected chi connectivity index (χ3v) is 10.8. The van der Waals surface area contributed by atoms with Gasteiger partial charge in [0.15, 0.2) is 0 Å². The first-order chi connectivity index (χ1) is 26.1. The van der Waals surface area contributed by atoms with E-state index >= 15 is 0 Å². The lowest BCUT2D eigenvalue weighted by atomic mass is 9.98. The van der Waals surface area contributed by atoms with Crippen molar-refractivity contribution in [1.82, 2.24) is 20.3 Å². The average Bonchev–Trinajstić information content (AvgIpc) is 3.99. The third-order valence-electron chi connectivity index (χ3n) is 9.48. The summed E-state index contributed by atoms with van der Waals surface area (Å²) in [6, 6.07) is 23.6. The number of hydrogen-bond acceptors (Lipinski definition) is 11. The van der Waals surface area contributed by atoms with Crippen LogP contribution in [-0.4, -0.2) is 33.0 Å². The van der Waals surface area contributed by atoms with Crippen LogP contribution < -0.4 is 14.8 Å². The highest BCUT2D eigenvalue weighted by molar-refractivity contribution is 14.1. The number of aromatic nitrogens is 4. The summed E-state index contributed by atoms with van der Waals surface area (Å²) < 4.78 is 49.3. The monoisotopic (exact) mass is 837 g/mol. The first kappa shape index (κ1) is 35.2. The van der Waals surface area contributed by atoms with E-state index < -0.39 is 6.11 Å². The van der Waals surface area contributed by atoms with Crippen molar-refractivity contribution in [2.24, 2.45) is 0 Å². The zero-order valence-electron chi connectivity index (χ0n) is 29.0. The van der Waals surface area contributed by atoms with Gasteiger partial charge in [0.25, 0.3) is 11.8 Å². The lowest BCUT2D eigenvalue weighted by molar-refractivity contribution is -0.158. The number of anilines is 1. The van der Waals surface area contributed by atoms with Crippen molar-refractivity contribution in [3.05, 3.63) is 100 Å². The van der Waals surface area contributed by atoms with E-state index in [1.807, 2.05) is 25.1 Å². The molecule has 2 aliphatic rings. The standard InChI is InChI=1S/C40H30F2IN7O4/c1-3-51-34-14-7-22(17-24(34)20-45)38-48-37(50-53-38)35-29-8-11-31(43)27(29)10-13-33(35)46-32-12-9-26-28(32)5-4-6-30(26)36-47-39(54-49-36)23-15-21(19-44)16-25(18-23)52-40(2,41)42/h4-7,10,13-18,31-32,46H,3,8-9,11-12H2,1-2H3/t31-,32?/m0/s1. The van der Waals surface area contributed by atoms with Gasteiger partial charge in [0.1, 0.15) is 17.6 Å². The number of alkyl halides is 3. The maximum absolute atomic E-state index is 13.6. The summed E-state index contributed by atoms with van der Waals surface area (Å²) in [6.07, 6.45) is -0.0322. The van der Waals surface area contributed by atoms with Crippen molar-refractivity contribution >= 4 is 28.3 Å². The van der Waals surface area contributed by atoms with Crippen LogP contribution >= 0.6 is 22.6 Å². The van der Waals surface area contributed by atoms with E-state index in [0.717, 1.165) is 53.6 Å². The van der Waals surface area contributed by atoms with Gasteiger partial charge in [-0.15, -0.1) is 0 Å². The summed E-state index contributed by atoms with van der Waals surface area (Å²) in [5.74, 6) is 1.49. The fraction of sp³-hybridized carbons (Fsp3) is 0.250. The summed E-state index contributed by atoms with van der Waals surface area (Å²) in [5, 5.41) is 31.7. The molecular formula is C40H30F2IN7O4. The topological polar surface area (TPSA) is 156 Å². The molecular weight excluding hydrogens is 807 g/mol. The number of hydrogen-bond donors (Lipinski definition) is 1. The second kappa shape index (κ2) is 14.2. The van der Waals surface area contributed by atoms with Crippen LogP contribution in [0, 0.1) is 22.7 Å². The molecule has 2 heterocycles. The van der Waals surface area contributed by atoms with Gasteiger partial charge in [-0.2, -0.15) is 29.3 Å². The predicted molar refractivity (Wildman–Crippen MR) is 202 cm³/mol. The number of fused-ring (bicyclic) bond motifs is 2. The Labute approximate surface area is 322 Å². The molecule has 2 atom stereocenters. The Morgan fingerprint density at radius 2 is 1.67 bits per heavy atom. The summed E-state index contributed by atoms with van der Waals surface area (Å²) in [6.45, 7) is 2.93. The Bertz CT molecular complexity index is 2500. The van der Waals surface area contributed by atoms with E-state index in [1.54, 1.807) is 18.2 Å². The molecule has 0 spiro atoms. The normalized spacial score (nSPS) is 16.0. The van der Waals surface area contributed by atoms with Gasteiger partial charge in [-0.05, 0) is 97.3 Å². The van der Waals surface area contributed by atoms with Crippen molar-refractivity contribution in [1.29, 1.82) is 10.5 Å². The maximum Gasteiger partial charge on any atom is 0.394 e. The Morgan fingerprint density at radius 3 is 2.44 bits per heavy atom. The molecule has 14 heteroatoms. The molecule has 1 N–H and O–H groups in total. The Balaban J connectivity index is 1.10. The molecule has 54 heavy (non-hydrogen) atoms. The van der Waals surface area contributed by atoms with Gasteiger partial charge in [-0.3, -0.25) is 0 Å². The van der Waals surface area contributed by atoms with E-state index in [-0.39, 0.29) is 28.8 Å². The molecule has 2 aromatic heterocycles. The first-order valence-electron chi connectivity index (χ1n) is 17.3. The van der Waals surface area contributed by atoms with E-state index in [2.05, 4.69) is 67.5 Å². The number of rotatable bonds is 10. The highest BCUT2D eigenvalue weighted by Crippen LogP contribution is 2.47. The van der Waals surface area contributed by atoms with Crippen LogP contribution in [0.5, 0.6) is 11.5 Å². The molecule has 270 valence electrons. The smallest absolute Gasteiger partial charge is 0.394 e. The molecule has 0 amide bonds. The predicted octanol–water partition coefficient (Wildman–Crippen LogP) is 9.78. The quantitative estimate of drug-likeness (QED) is 0.104. The van der Waals surface area contributed by atoms with Crippen molar-refractivity contribution in [2.75, 3.05) is 11.9 Å². The second-order valence-corrected chi connectivity index (χ2v) is 14.5. The van der Waals surface area contributed by atoms with E-state index in [0.29, 0.717) is 51.9 Å². The highest BCUT2D eigenvalue weighted by atomic mass is 127. The van der Waals surface area contributed by atoms with Gasteiger partial charge in [0.2, 0.25) is 11.6 Å². The van der Waals surface area contributed by atoms with Gasteiger partial charge in [-0.25, -0.2) is 0 Å². The number of nitrogens with zero attached hydrogens (tertiary/aromatic N) is 6. The largest absolute Gasteiger partial charge is 0.492 e. The SMILES string of the molecule is CCOc1ccc(-c2nc(-c3c(NC4CCc5c(-c6noc(-c7cc(C#N)cc(OC(C)(F)F)c7)n6)cccc54)ccc4c3CC[C@@H]4I)no2)cc1C#N. The van der Waals surface area contributed by atoms with Crippen LogP contribution in [0.3, 0.4) is 0 Å². The molecule has 0 fully saturated rings. The molecule has 6 aromatic rings. The molecule has 11 nitrogen and oxygen atoms in total. The summed E-state index contributed by atoms with van der Waals surface area (Å²) in [7, 11) is 0. The number of halogens is 3. The van der Waals surface area contributed by atoms with Crippen molar-refractivity contribution in [3.8, 4) is 69.3 Å². The van der Waals surface area contributed by atoms with E-state index in [4.69, 9.17) is 23.5 Å². The lowest BCUT2D eigenvalue weighted by Gasteiger charge is -2.20. The molecule has 0 saturated carbocycles. The first-order valence-corrected chi connectivity index (χ1v) is 18.5.